The van der Waals surface area contributed by atoms with E-state index in [-0.39, 0.29) is 11.7 Å². The third-order valence-corrected chi connectivity index (χ3v) is 5.18. The Bertz CT molecular complexity index is 463. The van der Waals surface area contributed by atoms with E-state index < -0.39 is 0 Å². The fourth-order valence-electron chi connectivity index (χ4n) is 3.04. The number of carbonyl (C=O) groups excluding carboxylic acids is 1. The third kappa shape index (κ3) is 3.01. The van der Waals surface area contributed by atoms with E-state index in [1.54, 1.807) is 6.07 Å². The van der Waals surface area contributed by atoms with Gasteiger partial charge in [-0.1, -0.05) is 12.1 Å². The zero-order chi connectivity index (χ0) is 13.8. The number of para-hydroxylation sites is 1. The van der Waals surface area contributed by atoms with Crippen molar-refractivity contribution in [1.29, 1.82) is 0 Å². The smallest absolute Gasteiger partial charge is 0.153 e. The Hall–Kier alpha value is -1.00. The predicted molar refractivity (Wildman–Crippen MR) is 80.7 cm³/mol. The standard InChI is InChI=1S/C16H20O3S/c17-12-13-3-1-2-4-15(13)19-14-5-8-18-16(11-14)6-9-20-10-7-16/h1-4,12,14H,5-11H2. The van der Waals surface area contributed by atoms with Crippen LogP contribution < -0.4 is 4.74 Å². The van der Waals surface area contributed by atoms with Crippen LogP contribution in [-0.4, -0.2) is 36.1 Å². The fourth-order valence-corrected chi connectivity index (χ4v) is 4.28. The molecule has 3 rings (SSSR count). The molecule has 1 unspecified atom stereocenters. The number of ether oxygens (including phenoxy) is 2. The van der Waals surface area contributed by atoms with E-state index in [1.165, 1.54) is 11.5 Å². The highest BCUT2D eigenvalue weighted by molar-refractivity contribution is 7.99. The molecule has 1 aromatic carbocycles. The lowest BCUT2D eigenvalue weighted by Gasteiger charge is -2.43. The minimum absolute atomic E-state index is 0.0181. The topological polar surface area (TPSA) is 35.5 Å². The van der Waals surface area contributed by atoms with Crippen molar-refractivity contribution in [3.63, 3.8) is 0 Å². The molecule has 2 saturated heterocycles. The summed E-state index contributed by atoms with van der Waals surface area (Å²) < 4.78 is 12.2. The Balaban J connectivity index is 1.69. The van der Waals surface area contributed by atoms with E-state index in [9.17, 15) is 4.79 Å². The van der Waals surface area contributed by atoms with Gasteiger partial charge in [0.2, 0.25) is 0 Å². The summed E-state index contributed by atoms with van der Waals surface area (Å²) in [7, 11) is 0. The lowest BCUT2D eigenvalue weighted by Crippen LogP contribution is -2.46. The lowest BCUT2D eigenvalue weighted by molar-refractivity contribution is -0.116. The Labute approximate surface area is 124 Å². The molecule has 2 heterocycles. The van der Waals surface area contributed by atoms with E-state index >= 15 is 0 Å². The van der Waals surface area contributed by atoms with Crippen LogP contribution >= 0.6 is 11.8 Å². The van der Waals surface area contributed by atoms with Crippen molar-refractivity contribution in [2.24, 2.45) is 0 Å². The Morgan fingerprint density at radius 1 is 1.30 bits per heavy atom. The molecular weight excluding hydrogens is 272 g/mol. The van der Waals surface area contributed by atoms with Gasteiger partial charge in [0.25, 0.3) is 0 Å². The highest BCUT2D eigenvalue weighted by atomic mass is 32.2. The predicted octanol–water partition coefficient (Wildman–Crippen LogP) is 3.32. The number of aldehydes is 1. The van der Waals surface area contributed by atoms with Crippen molar-refractivity contribution < 1.29 is 14.3 Å². The lowest BCUT2D eigenvalue weighted by atomic mass is 9.86. The molecule has 0 saturated carbocycles. The van der Waals surface area contributed by atoms with Crippen LogP contribution in [-0.2, 0) is 4.74 Å². The van der Waals surface area contributed by atoms with E-state index in [4.69, 9.17) is 9.47 Å². The number of hydrogen-bond donors (Lipinski definition) is 0. The van der Waals surface area contributed by atoms with Crippen LogP contribution in [0.25, 0.3) is 0 Å². The first-order valence-corrected chi connectivity index (χ1v) is 8.39. The maximum atomic E-state index is 11.1. The molecule has 4 heteroatoms. The number of hydrogen-bond acceptors (Lipinski definition) is 4. The summed E-state index contributed by atoms with van der Waals surface area (Å²) in [6.07, 6.45) is 5.11. The van der Waals surface area contributed by atoms with Gasteiger partial charge in [-0.3, -0.25) is 4.79 Å². The number of carbonyl (C=O) groups is 1. The van der Waals surface area contributed by atoms with Gasteiger partial charge in [-0.2, -0.15) is 11.8 Å². The van der Waals surface area contributed by atoms with E-state index in [2.05, 4.69) is 0 Å². The summed E-state index contributed by atoms with van der Waals surface area (Å²) in [4.78, 5) is 11.1. The van der Waals surface area contributed by atoms with Gasteiger partial charge in [0.15, 0.2) is 6.29 Å². The van der Waals surface area contributed by atoms with Crippen molar-refractivity contribution in [3.05, 3.63) is 29.8 Å². The third-order valence-electron chi connectivity index (χ3n) is 4.19. The molecule has 2 aliphatic rings. The van der Waals surface area contributed by atoms with Gasteiger partial charge in [0, 0.05) is 12.8 Å². The molecule has 108 valence electrons. The minimum Gasteiger partial charge on any atom is -0.489 e. The zero-order valence-corrected chi connectivity index (χ0v) is 12.4. The molecule has 2 aliphatic heterocycles. The molecule has 20 heavy (non-hydrogen) atoms. The molecule has 1 atom stereocenters. The molecule has 0 aliphatic carbocycles. The molecule has 0 aromatic heterocycles. The quantitative estimate of drug-likeness (QED) is 0.801. The first-order chi connectivity index (χ1) is 9.81. The second-order valence-electron chi connectivity index (χ2n) is 5.53. The summed E-state index contributed by atoms with van der Waals surface area (Å²) in [5, 5.41) is 0. The van der Waals surface area contributed by atoms with Gasteiger partial charge in [0.05, 0.1) is 17.8 Å². The van der Waals surface area contributed by atoms with Crippen LogP contribution in [0.5, 0.6) is 5.75 Å². The second kappa shape index (κ2) is 6.19. The summed E-state index contributed by atoms with van der Waals surface area (Å²) >= 11 is 2.01. The van der Waals surface area contributed by atoms with Gasteiger partial charge >= 0.3 is 0 Å². The number of thioether (sulfide) groups is 1. The first-order valence-electron chi connectivity index (χ1n) is 7.24. The largest absolute Gasteiger partial charge is 0.489 e. The van der Waals surface area contributed by atoms with Crippen molar-refractivity contribution >= 4 is 18.0 Å². The Morgan fingerprint density at radius 2 is 2.10 bits per heavy atom. The van der Waals surface area contributed by atoms with Crippen LogP contribution in [0.4, 0.5) is 0 Å². The number of benzene rings is 1. The molecular formula is C16H20O3S. The van der Waals surface area contributed by atoms with E-state index in [0.29, 0.717) is 11.3 Å². The van der Waals surface area contributed by atoms with Crippen molar-refractivity contribution in [1.82, 2.24) is 0 Å². The minimum atomic E-state index is 0.0181. The van der Waals surface area contributed by atoms with Crippen LogP contribution in [0.3, 0.4) is 0 Å². The Morgan fingerprint density at radius 3 is 2.90 bits per heavy atom. The second-order valence-corrected chi connectivity index (χ2v) is 6.76. The van der Waals surface area contributed by atoms with Crippen LogP contribution in [0, 0.1) is 0 Å². The molecule has 0 radical (unpaired) electrons. The summed E-state index contributed by atoms with van der Waals surface area (Å²) in [6, 6.07) is 7.45. The highest BCUT2D eigenvalue weighted by Gasteiger charge is 2.39. The van der Waals surface area contributed by atoms with Crippen molar-refractivity contribution in [2.75, 3.05) is 18.1 Å². The summed E-state index contributed by atoms with van der Waals surface area (Å²) in [6.45, 7) is 0.762. The van der Waals surface area contributed by atoms with E-state index in [1.807, 2.05) is 30.0 Å². The SMILES string of the molecule is O=Cc1ccccc1OC1CCOC2(CCSCC2)C1. The van der Waals surface area contributed by atoms with Crippen LogP contribution in [0.2, 0.25) is 0 Å². The first kappa shape index (κ1) is 14.0. The highest BCUT2D eigenvalue weighted by Crippen LogP contribution is 2.38. The maximum absolute atomic E-state index is 11.1. The monoisotopic (exact) mass is 292 g/mol. The zero-order valence-electron chi connectivity index (χ0n) is 11.5. The normalized spacial score (nSPS) is 25.3. The average Bonchev–Trinajstić information content (AvgIpc) is 2.49. The van der Waals surface area contributed by atoms with Gasteiger partial charge in [-0.05, 0) is 36.5 Å². The van der Waals surface area contributed by atoms with Gasteiger partial charge < -0.3 is 9.47 Å². The van der Waals surface area contributed by atoms with Crippen LogP contribution in [0.1, 0.15) is 36.0 Å². The summed E-state index contributed by atoms with van der Waals surface area (Å²) in [5.74, 6) is 3.06. The van der Waals surface area contributed by atoms with Gasteiger partial charge in [-0.15, -0.1) is 0 Å². The summed E-state index contributed by atoms with van der Waals surface area (Å²) in [5.41, 5.74) is 0.650. The molecule has 1 aromatic rings. The van der Waals surface area contributed by atoms with Gasteiger partial charge in [0.1, 0.15) is 11.9 Å². The van der Waals surface area contributed by atoms with Crippen molar-refractivity contribution in [3.8, 4) is 5.75 Å². The fraction of sp³-hybridized carbons (Fsp3) is 0.562. The molecule has 0 N–H and O–H groups in total. The molecule has 0 bridgehead atoms. The number of rotatable bonds is 3. The molecule has 3 nitrogen and oxygen atoms in total. The molecule has 1 spiro atoms. The van der Waals surface area contributed by atoms with Crippen LogP contribution in [0.15, 0.2) is 24.3 Å². The molecule has 2 fully saturated rings. The molecule has 0 amide bonds. The average molecular weight is 292 g/mol. The van der Waals surface area contributed by atoms with E-state index in [0.717, 1.165) is 38.6 Å². The maximum Gasteiger partial charge on any atom is 0.153 e. The Kier molecular flexibility index (Phi) is 4.32. The van der Waals surface area contributed by atoms with Crippen molar-refractivity contribution in [2.45, 2.75) is 37.4 Å². The van der Waals surface area contributed by atoms with Gasteiger partial charge in [-0.25, -0.2) is 0 Å².